The minimum absolute atomic E-state index is 0.729. The molecule has 0 spiro atoms. The Morgan fingerprint density at radius 3 is 1.54 bits per heavy atom. The number of anilines is 1. The molecule has 1 N–H and O–H groups in total. The molecule has 0 aliphatic carbocycles. The molecule has 4 aromatic rings. The summed E-state index contributed by atoms with van der Waals surface area (Å²) in [5.41, 5.74) is 6.08. The highest BCUT2D eigenvalue weighted by atomic mass is 14.9. The topological polar surface area (TPSA) is 37.8 Å². The minimum Gasteiger partial charge on any atom is -0.388 e. The Bertz CT molecular complexity index is 937. The fourth-order valence-corrected chi connectivity index (χ4v) is 2.88. The number of benzene rings is 3. The van der Waals surface area contributed by atoms with Gasteiger partial charge in [-0.3, -0.25) is 0 Å². The number of hydrogen-bond donors (Lipinski definition) is 1. The smallest absolute Gasteiger partial charge is 0.160 e. The van der Waals surface area contributed by atoms with Gasteiger partial charge in [-0.15, -0.1) is 0 Å². The predicted octanol–water partition coefficient (Wildman–Crippen LogP) is 5.52. The van der Waals surface area contributed by atoms with E-state index in [0.29, 0.717) is 0 Å². The molecule has 0 fully saturated rings. The maximum atomic E-state index is 4.82. The van der Waals surface area contributed by atoms with Gasteiger partial charge in [0.2, 0.25) is 0 Å². The van der Waals surface area contributed by atoms with E-state index in [1.54, 1.807) is 0 Å². The molecule has 0 saturated carbocycles. The van der Waals surface area contributed by atoms with Gasteiger partial charge in [0.15, 0.2) is 5.82 Å². The molecule has 4 rings (SSSR count). The predicted molar refractivity (Wildman–Crippen MR) is 108 cm³/mol. The van der Waals surface area contributed by atoms with E-state index < -0.39 is 0 Å². The summed E-state index contributed by atoms with van der Waals surface area (Å²) in [6.07, 6.45) is 0. The first-order valence-corrected chi connectivity index (χ1v) is 8.61. The minimum atomic E-state index is 0.729. The largest absolute Gasteiger partial charge is 0.388 e. The van der Waals surface area contributed by atoms with Crippen molar-refractivity contribution in [1.29, 1.82) is 0 Å². The zero-order valence-electron chi connectivity index (χ0n) is 14.6. The summed E-state index contributed by atoms with van der Waals surface area (Å²) in [5.74, 6) is 0.729. The van der Waals surface area contributed by atoms with Gasteiger partial charge in [0.05, 0.1) is 11.4 Å². The quantitative estimate of drug-likeness (QED) is 0.533. The molecule has 0 amide bonds. The van der Waals surface area contributed by atoms with Crippen molar-refractivity contribution < 1.29 is 0 Å². The van der Waals surface area contributed by atoms with E-state index in [1.807, 2.05) is 67.7 Å². The molecule has 1 heterocycles. The van der Waals surface area contributed by atoms with Crippen LogP contribution in [0, 0.1) is 0 Å². The van der Waals surface area contributed by atoms with Gasteiger partial charge in [-0.2, -0.15) is 0 Å². The summed E-state index contributed by atoms with van der Waals surface area (Å²) >= 11 is 0. The van der Waals surface area contributed by atoms with Gasteiger partial charge >= 0.3 is 0 Å². The maximum Gasteiger partial charge on any atom is 0.160 e. The van der Waals surface area contributed by atoms with Crippen molar-refractivity contribution in [3.63, 3.8) is 0 Å². The van der Waals surface area contributed by atoms with E-state index in [-0.39, 0.29) is 0 Å². The second kappa shape index (κ2) is 7.19. The van der Waals surface area contributed by atoms with E-state index in [9.17, 15) is 0 Å². The Balaban J connectivity index is 1.87. The molecule has 0 saturated heterocycles. The van der Waals surface area contributed by atoms with Crippen LogP contribution in [0.1, 0.15) is 0 Å². The monoisotopic (exact) mass is 337 g/mol. The zero-order chi connectivity index (χ0) is 17.8. The van der Waals surface area contributed by atoms with Crippen LogP contribution in [0.15, 0.2) is 91.0 Å². The number of aromatic nitrogens is 2. The number of hydrogen-bond acceptors (Lipinski definition) is 3. The Labute approximate surface area is 153 Å². The van der Waals surface area contributed by atoms with Gasteiger partial charge in [0.25, 0.3) is 0 Å². The second-order valence-corrected chi connectivity index (χ2v) is 6.02. The van der Waals surface area contributed by atoms with Gasteiger partial charge in [-0.05, 0) is 30.3 Å². The van der Waals surface area contributed by atoms with E-state index >= 15 is 0 Å². The van der Waals surface area contributed by atoms with E-state index in [0.717, 1.165) is 39.6 Å². The van der Waals surface area contributed by atoms with Crippen LogP contribution in [0.2, 0.25) is 0 Å². The second-order valence-electron chi connectivity index (χ2n) is 6.02. The van der Waals surface area contributed by atoms with Gasteiger partial charge in [-0.1, -0.05) is 60.7 Å². The zero-order valence-corrected chi connectivity index (χ0v) is 14.6. The summed E-state index contributed by atoms with van der Waals surface area (Å²) in [7, 11) is 1.91. The fourth-order valence-electron chi connectivity index (χ4n) is 2.88. The van der Waals surface area contributed by atoms with Crippen LogP contribution in [-0.2, 0) is 0 Å². The van der Waals surface area contributed by atoms with Crippen LogP contribution in [0.25, 0.3) is 33.9 Å². The number of rotatable bonds is 4. The summed E-state index contributed by atoms with van der Waals surface area (Å²) in [4.78, 5) is 9.65. The Morgan fingerprint density at radius 1 is 0.577 bits per heavy atom. The van der Waals surface area contributed by atoms with Crippen molar-refractivity contribution in [2.24, 2.45) is 0 Å². The van der Waals surface area contributed by atoms with Crippen LogP contribution in [0.4, 0.5) is 5.69 Å². The molecule has 0 radical (unpaired) electrons. The van der Waals surface area contributed by atoms with E-state index in [4.69, 9.17) is 9.97 Å². The summed E-state index contributed by atoms with van der Waals surface area (Å²) in [6.45, 7) is 0. The van der Waals surface area contributed by atoms with Gasteiger partial charge < -0.3 is 5.32 Å². The van der Waals surface area contributed by atoms with Crippen LogP contribution in [0.5, 0.6) is 0 Å². The molecule has 26 heavy (non-hydrogen) atoms. The van der Waals surface area contributed by atoms with Gasteiger partial charge in [0, 0.05) is 29.4 Å². The molecular weight excluding hydrogens is 318 g/mol. The molecule has 3 aromatic carbocycles. The molecule has 0 aliphatic heterocycles. The molecule has 0 bridgehead atoms. The lowest BCUT2D eigenvalue weighted by molar-refractivity contribution is 1.18. The maximum absolute atomic E-state index is 4.82. The van der Waals surface area contributed by atoms with Gasteiger partial charge in [-0.25, -0.2) is 9.97 Å². The van der Waals surface area contributed by atoms with Crippen LogP contribution >= 0.6 is 0 Å². The lowest BCUT2D eigenvalue weighted by Crippen LogP contribution is -1.96. The third-order valence-electron chi connectivity index (χ3n) is 4.30. The highest BCUT2D eigenvalue weighted by Gasteiger charge is 2.10. The van der Waals surface area contributed by atoms with Crippen molar-refractivity contribution in [1.82, 2.24) is 9.97 Å². The van der Waals surface area contributed by atoms with E-state index in [1.165, 1.54) is 0 Å². The molecule has 0 aliphatic rings. The fraction of sp³-hybridized carbons (Fsp3) is 0.0435. The molecule has 0 unspecified atom stereocenters. The third kappa shape index (κ3) is 3.33. The molecule has 126 valence electrons. The Kier molecular flexibility index (Phi) is 4.44. The normalized spacial score (nSPS) is 10.5. The average Bonchev–Trinajstić information content (AvgIpc) is 2.75. The number of nitrogens with zero attached hydrogens (tertiary/aromatic N) is 2. The van der Waals surface area contributed by atoms with E-state index in [2.05, 4.69) is 35.6 Å². The molecule has 1 aromatic heterocycles. The average molecular weight is 337 g/mol. The van der Waals surface area contributed by atoms with Gasteiger partial charge in [0.1, 0.15) is 0 Å². The molecule has 0 atom stereocenters. The first-order chi connectivity index (χ1) is 12.8. The Morgan fingerprint density at radius 2 is 1.08 bits per heavy atom. The lowest BCUT2D eigenvalue weighted by Gasteiger charge is -2.09. The van der Waals surface area contributed by atoms with Crippen LogP contribution in [0.3, 0.4) is 0 Å². The van der Waals surface area contributed by atoms with Crippen LogP contribution in [-0.4, -0.2) is 17.0 Å². The lowest BCUT2D eigenvalue weighted by atomic mass is 10.1. The SMILES string of the molecule is CNc1ccc(-c2nc(-c3ccccc3)cc(-c3ccccc3)n2)cc1. The summed E-state index contributed by atoms with van der Waals surface area (Å²) in [6, 6.07) is 30.7. The molecular formula is C23H19N3. The first-order valence-electron chi connectivity index (χ1n) is 8.61. The van der Waals surface area contributed by atoms with Crippen molar-refractivity contribution in [3.8, 4) is 33.9 Å². The van der Waals surface area contributed by atoms with Crippen LogP contribution < -0.4 is 5.32 Å². The van der Waals surface area contributed by atoms with Crippen molar-refractivity contribution in [2.45, 2.75) is 0 Å². The number of nitrogens with one attached hydrogen (secondary N) is 1. The highest BCUT2D eigenvalue weighted by Crippen LogP contribution is 2.27. The van der Waals surface area contributed by atoms with Crippen molar-refractivity contribution in [3.05, 3.63) is 91.0 Å². The third-order valence-corrected chi connectivity index (χ3v) is 4.30. The molecule has 3 heteroatoms. The first kappa shape index (κ1) is 16.0. The van der Waals surface area contributed by atoms with Crippen molar-refractivity contribution in [2.75, 3.05) is 12.4 Å². The van der Waals surface area contributed by atoms with Crippen molar-refractivity contribution >= 4 is 5.69 Å². The standard InChI is InChI=1S/C23H19N3/c1-24-20-14-12-19(13-15-20)23-25-21(17-8-4-2-5-9-17)16-22(26-23)18-10-6-3-7-11-18/h2-16,24H,1H3. The Hall–Kier alpha value is -3.46. The summed E-state index contributed by atoms with van der Waals surface area (Å²) in [5, 5.41) is 3.14. The summed E-state index contributed by atoms with van der Waals surface area (Å²) < 4.78 is 0. The highest BCUT2D eigenvalue weighted by molar-refractivity contribution is 5.72. The molecule has 3 nitrogen and oxygen atoms in total.